The van der Waals surface area contributed by atoms with Crippen LogP contribution >= 0.6 is 15.9 Å². The lowest BCUT2D eigenvalue weighted by Crippen LogP contribution is -2.22. The molecule has 0 aliphatic rings. The second kappa shape index (κ2) is 4.89. The molecule has 5 heteroatoms. The molecular weight excluding hydrogens is 306 g/mol. The van der Waals surface area contributed by atoms with Crippen molar-refractivity contribution in [2.45, 2.75) is 33.1 Å². The van der Waals surface area contributed by atoms with Crippen molar-refractivity contribution in [2.75, 3.05) is 0 Å². The Morgan fingerprint density at radius 2 is 2.00 bits per heavy atom. The van der Waals surface area contributed by atoms with Crippen LogP contribution in [0.1, 0.15) is 32.0 Å². The molecule has 2 rings (SSSR count). The predicted molar refractivity (Wildman–Crippen MR) is 79.2 cm³/mol. The molecule has 0 spiro atoms. The molecule has 0 radical (unpaired) electrons. The SMILES string of the molecule is Cc1ccnc(-c2nc(C(C)(C)C)c(Br)c(=O)[nH]2)c1. The molecule has 4 nitrogen and oxygen atoms in total. The number of aromatic amines is 1. The first-order valence-corrected chi connectivity index (χ1v) is 6.81. The van der Waals surface area contributed by atoms with Gasteiger partial charge in [0.15, 0.2) is 5.82 Å². The molecule has 0 saturated carbocycles. The van der Waals surface area contributed by atoms with Gasteiger partial charge in [-0.3, -0.25) is 9.78 Å². The summed E-state index contributed by atoms with van der Waals surface area (Å²) in [5.41, 5.74) is 2.09. The predicted octanol–water partition coefficient (Wildman–Crippen LogP) is 3.20. The number of hydrogen-bond acceptors (Lipinski definition) is 3. The second-order valence-electron chi connectivity index (χ2n) is 5.55. The first-order valence-electron chi connectivity index (χ1n) is 6.02. The van der Waals surface area contributed by atoms with Crippen LogP contribution in [0.2, 0.25) is 0 Å². The minimum atomic E-state index is -0.217. The van der Waals surface area contributed by atoms with Gasteiger partial charge >= 0.3 is 0 Å². The number of nitrogens with zero attached hydrogens (tertiary/aromatic N) is 2. The number of pyridine rings is 1. The molecule has 0 fully saturated rings. The molecule has 0 saturated heterocycles. The van der Waals surface area contributed by atoms with E-state index in [4.69, 9.17) is 0 Å². The topological polar surface area (TPSA) is 58.6 Å². The average molecular weight is 322 g/mol. The van der Waals surface area contributed by atoms with Crippen LogP contribution in [0, 0.1) is 6.92 Å². The summed E-state index contributed by atoms with van der Waals surface area (Å²) < 4.78 is 0.483. The number of H-pyrrole nitrogens is 1. The van der Waals surface area contributed by atoms with Crippen molar-refractivity contribution in [1.29, 1.82) is 0 Å². The van der Waals surface area contributed by atoms with Gasteiger partial charge in [-0.2, -0.15) is 0 Å². The Bertz CT molecular complexity index is 671. The zero-order valence-electron chi connectivity index (χ0n) is 11.4. The first kappa shape index (κ1) is 13.9. The van der Waals surface area contributed by atoms with Crippen molar-refractivity contribution in [3.63, 3.8) is 0 Å². The quantitative estimate of drug-likeness (QED) is 0.877. The monoisotopic (exact) mass is 321 g/mol. The Morgan fingerprint density at radius 3 is 2.58 bits per heavy atom. The van der Waals surface area contributed by atoms with Gasteiger partial charge in [-0.1, -0.05) is 20.8 Å². The van der Waals surface area contributed by atoms with Crippen LogP contribution in [-0.2, 0) is 5.41 Å². The van der Waals surface area contributed by atoms with Gasteiger partial charge in [-0.05, 0) is 40.5 Å². The lowest BCUT2D eigenvalue weighted by atomic mass is 9.92. The third-order valence-electron chi connectivity index (χ3n) is 2.73. The van der Waals surface area contributed by atoms with E-state index in [0.29, 0.717) is 16.0 Å². The maximum atomic E-state index is 12.0. The van der Waals surface area contributed by atoms with Crippen molar-refractivity contribution in [3.05, 3.63) is 44.4 Å². The van der Waals surface area contributed by atoms with Gasteiger partial charge in [-0.25, -0.2) is 4.98 Å². The van der Waals surface area contributed by atoms with Crippen LogP contribution in [0.3, 0.4) is 0 Å². The summed E-state index contributed by atoms with van der Waals surface area (Å²) in [6, 6.07) is 3.81. The van der Waals surface area contributed by atoms with Gasteiger partial charge in [0.2, 0.25) is 0 Å². The van der Waals surface area contributed by atoms with E-state index in [0.717, 1.165) is 11.3 Å². The Hall–Kier alpha value is -1.49. The van der Waals surface area contributed by atoms with Gasteiger partial charge in [0.1, 0.15) is 10.2 Å². The largest absolute Gasteiger partial charge is 0.304 e. The molecule has 0 bridgehead atoms. The smallest absolute Gasteiger partial charge is 0.265 e. The van der Waals surface area contributed by atoms with Crippen LogP contribution in [0.25, 0.3) is 11.5 Å². The number of aromatic nitrogens is 3. The Balaban J connectivity index is 2.67. The highest BCUT2D eigenvalue weighted by Crippen LogP contribution is 2.26. The maximum absolute atomic E-state index is 12.0. The molecule has 0 unspecified atom stereocenters. The fourth-order valence-corrected chi connectivity index (χ4v) is 2.53. The Labute approximate surface area is 120 Å². The third-order valence-corrected chi connectivity index (χ3v) is 3.47. The Morgan fingerprint density at radius 1 is 1.32 bits per heavy atom. The van der Waals surface area contributed by atoms with E-state index in [1.54, 1.807) is 6.20 Å². The summed E-state index contributed by atoms with van der Waals surface area (Å²) in [5, 5.41) is 0. The van der Waals surface area contributed by atoms with Crippen LogP contribution < -0.4 is 5.56 Å². The van der Waals surface area contributed by atoms with E-state index < -0.39 is 0 Å². The molecular formula is C14H16BrN3O. The molecule has 19 heavy (non-hydrogen) atoms. The summed E-state index contributed by atoms with van der Waals surface area (Å²) in [4.78, 5) is 23.6. The lowest BCUT2D eigenvalue weighted by molar-refractivity contribution is 0.562. The van der Waals surface area contributed by atoms with Gasteiger partial charge in [-0.15, -0.1) is 0 Å². The van der Waals surface area contributed by atoms with Crippen LogP contribution in [0.4, 0.5) is 0 Å². The summed E-state index contributed by atoms with van der Waals surface area (Å²) in [5.74, 6) is 0.502. The van der Waals surface area contributed by atoms with Gasteiger partial charge in [0, 0.05) is 11.6 Å². The lowest BCUT2D eigenvalue weighted by Gasteiger charge is -2.19. The van der Waals surface area contributed by atoms with Gasteiger partial charge < -0.3 is 4.98 Å². The standard InChI is InChI=1S/C14H16BrN3O/c1-8-5-6-16-9(7-8)12-17-11(14(2,3)4)10(15)13(19)18-12/h5-7H,1-4H3,(H,17,18,19). The van der Waals surface area contributed by atoms with E-state index in [9.17, 15) is 4.79 Å². The number of rotatable bonds is 1. The minimum Gasteiger partial charge on any atom is -0.304 e. The molecule has 100 valence electrons. The van der Waals surface area contributed by atoms with Crippen LogP contribution in [0.5, 0.6) is 0 Å². The van der Waals surface area contributed by atoms with Crippen molar-refractivity contribution >= 4 is 15.9 Å². The number of halogens is 1. The third kappa shape index (κ3) is 2.92. The maximum Gasteiger partial charge on any atom is 0.265 e. The number of nitrogens with one attached hydrogen (secondary N) is 1. The first-order chi connectivity index (χ1) is 8.79. The molecule has 0 aliphatic heterocycles. The van der Waals surface area contributed by atoms with E-state index >= 15 is 0 Å². The molecule has 0 atom stereocenters. The highest BCUT2D eigenvalue weighted by Gasteiger charge is 2.22. The molecule has 0 amide bonds. The minimum absolute atomic E-state index is 0.182. The zero-order chi connectivity index (χ0) is 14.2. The number of aryl methyl sites for hydroxylation is 1. The summed E-state index contributed by atoms with van der Waals surface area (Å²) >= 11 is 3.31. The van der Waals surface area contributed by atoms with Crippen molar-refractivity contribution < 1.29 is 0 Å². The molecule has 0 aromatic carbocycles. The zero-order valence-corrected chi connectivity index (χ0v) is 13.0. The molecule has 2 aromatic heterocycles. The van der Waals surface area contributed by atoms with Gasteiger partial charge in [0.05, 0.1) is 5.69 Å². The molecule has 1 N–H and O–H groups in total. The van der Waals surface area contributed by atoms with E-state index in [2.05, 4.69) is 30.9 Å². The normalized spacial score (nSPS) is 11.6. The van der Waals surface area contributed by atoms with E-state index in [-0.39, 0.29) is 11.0 Å². The highest BCUT2D eigenvalue weighted by molar-refractivity contribution is 9.10. The van der Waals surface area contributed by atoms with Crippen molar-refractivity contribution in [1.82, 2.24) is 15.0 Å². The van der Waals surface area contributed by atoms with E-state index in [1.807, 2.05) is 39.8 Å². The van der Waals surface area contributed by atoms with Gasteiger partial charge in [0.25, 0.3) is 5.56 Å². The fraction of sp³-hybridized carbons (Fsp3) is 0.357. The van der Waals surface area contributed by atoms with Crippen LogP contribution in [0.15, 0.2) is 27.6 Å². The van der Waals surface area contributed by atoms with Crippen LogP contribution in [-0.4, -0.2) is 15.0 Å². The fourth-order valence-electron chi connectivity index (χ4n) is 1.74. The van der Waals surface area contributed by atoms with E-state index in [1.165, 1.54) is 0 Å². The highest BCUT2D eigenvalue weighted by atomic mass is 79.9. The summed E-state index contributed by atoms with van der Waals surface area (Å²) in [6.07, 6.45) is 1.71. The summed E-state index contributed by atoms with van der Waals surface area (Å²) in [6.45, 7) is 8.04. The van der Waals surface area contributed by atoms with Crippen molar-refractivity contribution in [2.24, 2.45) is 0 Å². The average Bonchev–Trinajstić information content (AvgIpc) is 2.31. The summed E-state index contributed by atoms with van der Waals surface area (Å²) in [7, 11) is 0. The van der Waals surface area contributed by atoms with Crippen molar-refractivity contribution in [3.8, 4) is 11.5 Å². The Kier molecular flexibility index (Phi) is 3.58. The molecule has 2 heterocycles. The number of hydrogen-bond donors (Lipinski definition) is 1. The second-order valence-corrected chi connectivity index (χ2v) is 6.34. The molecule has 2 aromatic rings. The molecule has 0 aliphatic carbocycles.